The Hall–Kier alpha value is -3.15. The number of ether oxygens (including phenoxy) is 1. The van der Waals surface area contributed by atoms with Crippen molar-refractivity contribution in [3.05, 3.63) is 54.7 Å². The van der Waals surface area contributed by atoms with E-state index in [2.05, 4.69) is 45.6 Å². The lowest BCUT2D eigenvalue weighted by Crippen LogP contribution is -2.29. The van der Waals surface area contributed by atoms with Gasteiger partial charge in [-0.05, 0) is 35.2 Å². The van der Waals surface area contributed by atoms with Gasteiger partial charge < -0.3 is 15.0 Å². The third-order valence-electron chi connectivity index (χ3n) is 4.97. The number of aromatic nitrogens is 2. The highest BCUT2D eigenvalue weighted by Crippen LogP contribution is 2.24. The molecule has 1 saturated heterocycles. The number of carbonyl (C=O) groups excluding carboxylic acids is 1. The number of hydrogen-bond donors (Lipinski definition) is 1. The molecule has 1 fully saturated rings. The van der Waals surface area contributed by atoms with Crippen LogP contribution >= 0.6 is 0 Å². The molecule has 2 heterocycles. The zero-order chi connectivity index (χ0) is 18.6. The largest absolute Gasteiger partial charge is 0.453 e. The first-order chi connectivity index (χ1) is 13.2. The summed E-state index contributed by atoms with van der Waals surface area (Å²) in [5, 5.41) is 5.72. The van der Waals surface area contributed by atoms with Crippen molar-refractivity contribution in [2.24, 2.45) is 5.92 Å². The lowest BCUT2D eigenvalue weighted by molar-refractivity contribution is 0.132. The molecule has 1 atom stereocenters. The topological polar surface area (TPSA) is 67.3 Å². The van der Waals surface area contributed by atoms with E-state index in [1.54, 1.807) is 11.1 Å². The second kappa shape index (κ2) is 7.61. The Kier molecular flexibility index (Phi) is 4.87. The summed E-state index contributed by atoms with van der Waals surface area (Å²) in [5.74, 6) is 0.981. The highest BCUT2D eigenvalue weighted by Gasteiger charge is 2.26. The van der Waals surface area contributed by atoms with Gasteiger partial charge >= 0.3 is 6.09 Å². The second-order valence-corrected chi connectivity index (χ2v) is 6.78. The summed E-state index contributed by atoms with van der Waals surface area (Å²) in [6, 6.07) is 16.5. The molecule has 27 heavy (non-hydrogen) atoms. The Morgan fingerprint density at radius 2 is 2.07 bits per heavy atom. The smallest absolute Gasteiger partial charge is 0.409 e. The molecule has 1 N–H and O–H groups in total. The first kappa shape index (κ1) is 17.3. The molecule has 138 valence electrons. The molecule has 1 aromatic heterocycles. The standard InChI is InChI=1S/C21H22N4O2/c1-27-21(26)25-11-9-15(14-25)13-23-20-22-10-8-19(24-20)18-7-6-16-4-2-3-5-17(16)12-18/h2-8,10,12,15H,9,11,13-14H2,1H3,(H,22,23,24)/t15-/m0/s1. The number of nitrogens with zero attached hydrogens (tertiary/aromatic N) is 3. The monoisotopic (exact) mass is 362 g/mol. The molecule has 1 amide bonds. The van der Waals surface area contributed by atoms with Crippen molar-refractivity contribution in [2.45, 2.75) is 6.42 Å². The van der Waals surface area contributed by atoms with E-state index in [1.165, 1.54) is 17.9 Å². The van der Waals surface area contributed by atoms with Crippen molar-refractivity contribution in [3.8, 4) is 11.3 Å². The SMILES string of the molecule is COC(=O)N1CC[C@@H](CNc2nccc(-c3ccc4ccccc4c3)n2)C1. The summed E-state index contributed by atoms with van der Waals surface area (Å²) in [7, 11) is 1.42. The molecule has 0 spiro atoms. The average Bonchev–Trinajstić information content (AvgIpc) is 3.20. The molecule has 1 aliphatic rings. The van der Waals surface area contributed by atoms with E-state index in [9.17, 15) is 4.79 Å². The molecule has 0 unspecified atom stereocenters. The van der Waals surface area contributed by atoms with Gasteiger partial charge in [-0.25, -0.2) is 14.8 Å². The van der Waals surface area contributed by atoms with Gasteiger partial charge in [0.2, 0.25) is 5.95 Å². The molecule has 2 aromatic carbocycles. The molecule has 0 saturated carbocycles. The van der Waals surface area contributed by atoms with Gasteiger partial charge in [0, 0.05) is 31.4 Å². The van der Waals surface area contributed by atoms with Gasteiger partial charge in [0.25, 0.3) is 0 Å². The van der Waals surface area contributed by atoms with Crippen LogP contribution in [0.5, 0.6) is 0 Å². The van der Waals surface area contributed by atoms with E-state index < -0.39 is 0 Å². The molecule has 4 rings (SSSR count). The maximum Gasteiger partial charge on any atom is 0.409 e. The van der Waals surface area contributed by atoms with Crippen molar-refractivity contribution < 1.29 is 9.53 Å². The maximum atomic E-state index is 11.6. The van der Waals surface area contributed by atoms with Gasteiger partial charge in [-0.3, -0.25) is 0 Å². The summed E-state index contributed by atoms with van der Waals surface area (Å²) in [5.41, 5.74) is 1.96. The molecule has 0 aliphatic carbocycles. The predicted molar refractivity (Wildman–Crippen MR) is 106 cm³/mol. The number of fused-ring (bicyclic) bond motifs is 1. The molecule has 0 radical (unpaired) electrons. The van der Waals surface area contributed by atoms with Gasteiger partial charge in [0.05, 0.1) is 12.8 Å². The highest BCUT2D eigenvalue weighted by molar-refractivity contribution is 5.86. The zero-order valence-corrected chi connectivity index (χ0v) is 15.3. The van der Waals surface area contributed by atoms with Gasteiger partial charge in [0.1, 0.15) is 0 Å². The van der Waals surface area contributed by atoms with Crippen LogP contribution in [0.25, 0.3) is 22.0 Å². The quantitative estimate of drug-likeness (QED) is 0.765. The number of benzene rings is 2. The minimum Gasteiger partial charge on any atom is -0.453 e. The van der Waals surface area contributed by atoms with Crippen LogP contribution in [-0.2, 0) is 4.74 Å². The Bertz CT molecular complexity index is 960. The Balaban J connectivity index is 1.44. The fraction of sp³-hybridized carbons (Fsp3) is 0.286. The maximum absolute atomic E-state index is 11.6. The number of carbonyl (C=O) groups is 1. The number of nitrogens with one attached hydrogen (secondary N) is 1. The Morgan fingerprint density at radius 3 is 2.93 bits per heavy atom. The van der Waals surface area contributed by atoms with E-state index >= 15 is 0 Å². The second-order valence-electron chi connectivity index (χ2n) is 6.78. The summed E-state index contributed by atoms with van der Waals surface area (Å²) < 4.78 is 4.78. The number of rotatable bonds is 4. The van der Waals surface area contributed by atoms with E-state index in [-0.39, 0.29) is 6.09 Å². The lowest BCUT2D eigenvalue weighted by atomic mass is 10.1. The first-order valence-corrected chi connectivity index (χ1v) is 9.12. The predicted octanol–water partition coefficient (Wildman–Crippen LogP) is 3.80. The molecule has 6 heteroatoms. The van der Waals surface area contributed by atoms with E-state index in [0.717, 1.165) is 30.8 Å². The van der Waals surface area contributed by atoms with Gasteiger partial charge in [-0.1, -0.05) is 36.4 Å². The average molecular weight is 362 g/mol. The van der Waals surface area contributed by atoms with Crippen LogP contribution in [0.2, 0.25) is 0 Å². The Labute approximate surface area is 158 Å². The van der Waals surface area contributed by atoms with Crippen LogP contribution in [0.3, 0.4) is 0 Å². The van der Waals surface area contributed by atoms with Crippen molar-refractivity contribution >= 4 is 22.8 Å². The van der Waals surface area contributed by atoms with Gasteiger partial charge in [-0.15, -0.1) is 0 Å². The zero-order valence-electron chi connectivity index (χ0n) is 15.3. The van der Waals surface area contributed by atoms with Crippen LogP contribution in [-0.4, -0.2) is 47.7 Å². The van der Waals surface area contributed by atoms with Crippen molar-refractivity contribution in [1.29, 1.82) is 0 Å². The summed E-state index contributed by atoms with van der Waals surface area (Å²) in [6.07, 6.45) is 2.47. The van der Waals surface area contributed by atoms with Crippen molar-refractivity contribution in [1.82, 2.24) is 14.9 Å². The van der Waals surface area contributed by atoms with Gasteiger partial charge in [-0.2, -0.15) is 0 Å². The Morgan fingerprint density at radius 1 is 1.22 bits per heavy atom. The van der Waals surface area contributed by atoms with E-state index in [4.69, 9.17) is 4.74 Å². The van der Waals surface area contributed by atoms with Crippen molar-refractivity contribution in [2.75, 3.05) is 32.1 Å². The number of likely N-dealkylation sites (tertiary alicyclic amines) is 1. The summed E-state index contributed by atoms with van der Waals surface area (Å²) in [4.78, 5) is 22.3. The van der Waals surface area contributed by atoms with Gasteiger partial charge in [0.15, 0.2) is 0 Å². The van der Waals surface area contributed by atoms with Crippen molar-refractivity contribution in [3.63, 3.8) is 0 Å². The minimum absolute atomic E-state index is 0.257. The number of amides is 1. The fourth-order valence-electron chi connectivity index (χ4n) is 3.48. The third kappa shape index (κ3) is 3.84. The fourth-order valence-corrected chi connectivity index (χ4v) is 3.48. The van der Waals surface area contributed by atoms with E-state index in [1.807, 2.05) is 18.2 Å². The molecule has 6 nitrogen and oxygen atoms in total. The van der Waals surface area contributed by atoms with Crippen LogP contribution < -0.4 is 5.32 Å². The molecule has 3 aromatic rings. The lowest BCUT2D eigenvalue weighted by Gasteiger charge is -2.15. The molecule has 1 aliphatic heterocycles. The number of hydrogen-bond acceptors (Lipinski definition) is 5. The summed E-state index contributed by atoms with van der Waals surface area (Å²) in [6.45, 7) is 2.16. The normalized spacial score (nSPS) is 16.5. The van der Waals surface area contributed by atoms with Crippen LogP contribution in [0.1, 0.15) is 6.42 Å². The van der Waals surface area contributed by atoms with Crippen LogP contribution in [0, 0.1) is 5.92 Å². The number of methoxy groups -OCH3 is 1. The number of anilines is 1. The van der Waals surface area contributed by atoms with Crippen LogP contribution in [0.15, 0.2) is 54.7 Å². The minimum atomic E-state index is -0.257. The molecular formula is C21H22N4O2. The molecular weight excluding hydrogens is 340 g/mol. The third-order valence-corrected chi connectivity index (χ3v) is 4.97. The first-order valence-electron chi connectivity index (χ1n) is 9.12. The molecule has 0 bridgehead atoms. The van der Waals surface area contributed by atoms with E-state index in [0.29, 0.717) is 18.4 Å². The summed E-state index contributed by atoms with van der Waals surface area (Å²) >= 11 is 0. The van der Waals surface area contributed by atoms with Crippen LogP contribution in [0.4, 0.5) is 10.7 Å². The highest BCUT2D eigenvalue weighted by atomic mass is 16.5.